The molecule has 2 aliphatic rings. The largest absolute Gasteiger partial charge is 0.357 e. The van der Waals surface area contributed by atoms with Crippen LogP contribution in [0, 0.1) is 0 Å². The van der Waals surface area contributed by atoms with Crippen LogP contribution < -0.4 is 15.5 Å². The SMILES string of the molecule is CNC(=O)C1CCCN1C(=O)c1cnc(N2CCCNCC2)cn1. The lowest BCUT2D eigenvalue weighted by Gasteiger charge is -2.23. The first-order valence-corrected chi connectivity index (χ1v) is 8.51. The zero-order chi connectivity index (χ0) is 16.9. The van der Waals surface area contributed by atoms with E-state index in [9.17, 15) is 9.59 Å². The maximum absolute atomic E-state index is 12.6. The van der Waals surface area contributed by atoms with Gasteiger partial charge in [-0.1, -0.05) is 0 Å². The van der Waals surface area contributed by atoms with Crippen molar-refractivity contribution in [3.63, 3.8) is 0 Å². The molecule has 1 aromatic heterocycles. The average Bonchev–Trinajstić information content (AvgIpc) is 2.95. The monoisotopic (exact) mass is 332 g/mol. The molecule has 0 radical (unpaired) electrons. The van der Waals surface area contributed by atoms with E-state index in [2.05, 4.69) is 25.5 Å². The van der Waals surface area contributed by atoms with Crippen LogP contribution >= 0.6 is 0 Å². The van der Waals surface area contributed by atoms with E-state index in [1.165, 1.54) is 6.20 Å². The molecular formula is C16H24N6O2. The number of nitrogens with zero attached hydrogens (tertiary/aromatic N) is 4. The summed E-state index contributed by atoms with van der Waals surface area (Å²) < 4.78 is 0. The first-order chi connectivity index (χ1) is 11.7. The Morgan fingerprint density at radius 2 is 2.04 bits per heavy atom. The second-order valence-electron chi connectivity index (χ2n) is 6.12. The number of likely N-dealkylation sites (N-methyl/N-ethyl adjacent to an activating group) is 1. The van der Waals surface area contributed by atoms with Crippen LogP contribution in [0.4, 0.5) is 5.82 Å². The fourth-order valence-corrected chi connectivity index (χ4v) is 3.27. The Hall–Kier alpha value is -2.22. The number of anilines is 1. The van der Waals surface area contributed by atoms with Crippen LogP contribution in [0.3, 0.4) is 0 Å². The third-order valence-electron chi connectivity index (χ3n) is 4.58. The highest BCUT2D eigenvalue weighted by molar-refractivity contribution is 5.96. The van der Waals surface area contributed by atoms with Gasteiger partial charge in [0.1, 0.15) is 17.6 Å². The van der Waals surface area contributed by atoms with Crippen LogP contribution in [-0.2, 0) is 4.79 Å². The standard InChI is InChI=1S/C16H24N6O2/c1-17-15(23)13-4-2-8-22(13)16(24)12-10-20-14(11-19-12)21-7-3-5-18-6-9-21/h10-11,13,18H,2-9H2,1H3,(H,17,23). The number of hydrogen-bond acceptors (Lipinski definition) is 6. The molecule has 2 saturated heterocycles. The molecule has 24 heavy (non-hydrogen) atoms. The van der Waals surface area contributed by atoms with Crippen molar-refractivity contribution in [1.82, 2.24) is 25.5 Å². The minimum absolute atomic E-state index is 0.123. The predicted molar refractivity (Wildman–Crippen MR) is 89.9 cm³/mol. The predicted octanol–water partition coefficient (Wildman–Crippen LogP) is -0.373. The molecular weight excluding hydrogens is 308 g/mol. The smallest absolute Gasteiger partial charge is 0.274 e. The van der Waals surface area contributed by atoms with E-state index >= 15 is 0 Å². The average molecular weight is 332 g/mol. The molecule has 0 aliphatic carbocycles. The third kappa shape index (κ3) is 3.48. The Bertz CT molecular complexity index is 583. The van der Waals surface area contributed by atoms with Gasteiger partial charge in [-0.25, -0.2) is 9.97 Å². The number of rotatable bonds is 3. The van der Waals surface area contributed by atoms with Gasteiger partial charge in [0.2, 0.25) is 5.91 Å². The van der Waals surface area contributed by atoms with Crippen LogP contribution in [-0.4, -0.2) is 72.5 Å². The van der Waals surface area contributed by atoms with E-state index in [-0.39, 0.29) is 11.8 Å². The number of amides is 2. The van der Waals surface area contributed by atoms with Gasteiger partial charge in [-0.05, 0) is 25.8 Å². The molecule has 0 spiro atoms. The highest BCUT2D eigenvalue weighted by atomic mass is 16.2. The lowest BCUT2D eigenvalue weighted by molar-refractivity contribution is -0.124. The van der Waals surface area contributed by atoms with Gasteiger partial charge in [0.05, 0.1) is 12.4 Å². The van der Waals surface area contributed by atoms with Gasteiger partial charge in [0, 0.05) is 33.2 Å². The number of aromatic nitrogens is 2. The lowest BCUT2D eigenvalue weighted by Crippen LogP contribution is -2.45. The summed E-state index contributed by atoms with van der Waals surface area (Å²) in [4.78, 5) is 37.0. The molecule has 130 valence electrons. The maximum atomic E-state index is 12.6. The highest BCUT2D eigenvalue weighted by Crippen LogP contribution is 2.20. The van der Waals surface area contributed by atoms with Crippen molar-refractivity contribution in [1.29, 1.82) is 0 Å². The van der Waals surface area contributed by atoms with Gasteiger partial charge >= 0.3 is 0 Å². The van der Waals surface area contributed by atoms with E-state index < -0.39 is 6.04 Å². The minimum Gasteiger partial charge on any atom is -0.357 e. The van der Waals surface area contributed by atoms with Gasteiger partial charge < -0.3 is 20.4 Å². The molecule has 2 fully saturated rings. The molecule has 0 aromatic carbocycles. The Morgan fingerprint density at radius 3 is 2.79 bits per heavy atom. The molecule has 1 atom stereocenters. The zero-order valence-corrected chi connectivity index (χ0v) is 14.0. The molecule has 0 bridgehead atoms. The number of carbonyl (C=O) groups excluding carboxylic acids is 2. The van der Waals surface area contributed by atoms with Crippen molar-refractivity contribution in [3.05, 3.63) is 18.1 Å². The van der Waals surface area contributed by atoms with E-state index in [1.54, 1.807) is 18.1 Å². The van der Waals surface area contributed by atoms with Crippen molar-refractivity contribution >= 4 is 17.6 Å². The van der Waals surface area contributed by atoms with Gasteiger partial charge in [0.25, 0.3) is 5.91 Å². The lowest BCUT2D eigenvalue weighted by atomic mass is 10.2. The van der Waals surface area contributed by atoms with Crippen molar-refractivity contribution in [3.8, 4) is 0 Å². The third-order valence-corrected chi connectivity index (χ3v) is 4.58. The first kappa shape index (κ1) is 16.6. The number of hydrogen-bond donors (Lipinski definition) is 2. The van der Waals surface area contributed by atoms with E-state index in [0.29, 0.717) is 18.7 Å². The van der Waals surface area contributed by atoms with Crippen LogP contribution in [0.2, 0.25) is 0 Å². The van der Waals surface area contributed by atoms with Crippen molar-refractivity contribution in [2.75, 3.05) is 44.7 Å². The van der Waals surface area contributed by atoms with E-state index in [0.717, 1.165) is 44.8 Å². The number of carbonyl (C=O) groups is 2. The second kappa shape index (κ2) is 7.57. The van der Waals surface area contributed by atoms with Gasteiger partial charge in [-0.15, -0.1) is 0 Å². The minimum atomic E-state index is -0.402. The Kier molecular flexibility index (Phi) is 5.24. The summed E-state index contributed by atoms with van der Waals surface area (Å²) in [5, 5.41) is 5.97. The second-order valence-corrected chi connectivity index (χ2v) is 6.12. The van der Waals surface area contributed by atoms with Crippen LogP contribution in [0.5, 0.6) is 0 Å². The molecule has 1 aromatic rings. The quantitative estimate of drug-likeness (QED) is 0.785. The molecule has 8 heteroatoms. The summed E-state index contributed by atoms with van der Waals surface area (Å²) in [7, 11) is 1.59. The molecule has 2 N–H and O–H groups in total. The summed E-state index contributed by atoms with van der Waals surface area (Å²) in [5.41, 5.74) is 0.294. The summed E-state index contributed by atoms with van der Waals surface area (Å²) in [6, 6.07) is -0.402. The summed E-state index contributed by atoms with van der Waals surface area (Å²) in [6.45, 7) is 4.32. The number of likely N-dealkylation sites (tertiary alicyclic amines) is 1. The van der Waals surface area contributed by atoms with E-state index in [1.807, 2.05) is 0 Å². The topological polar surface area (TPSA) is 90.5 Å². The fourth-order valence-electron chi connectivity index (χ4n) is 3.27. The van der Waals surface area contributed by atoms with Crippen molar-refractivity contribution in [2.45, 2.75) is 25.3 Å². The van der Waals surface area contributed by atoms with Gasteiger partial charge in [0.15, 0.2) is 0 Å². The fraction of sp³-hybridized carbons (Fsp3) is 0.625. The van der Waals surface area contributed by atoms with Crippen LogP contribution in [0.15, 0.2) is 12.4 Å². The molecule has 3 rings (SSSR count). The van der Waals surface area contributed by atoms with Crippen molar-refractivity contribution in [2.24, 2.45) is 0 Å². The summed E-state index contributed by atoms with van der Waals surface area (Å²) >= 11 is 0. The van der Waals surface area contributed by atoms with Crippen molar-refractivity contribution < 1.29 is 9.59 Å². The Balaban J connectivity index is 1.70. The first-order valence-electron chi connectivity index (χ1n) is 8.51. The number of nitrogens with one attached hydrogen (secondary N) is 2. The Labute approximate surface area is 141 Å². The van der Waals surface area contributed by atoms with E-state index in [4.69, 9.17) is 0 Å². The van der Waals surface area contributed by atoms with Crippen LogP contribution in [0.1, 0.15) is 29.8 Å². The van der Waals surface area contributed by atoms with Crippen LogP contribution in [0.25, 0.3) is 0 Å². The molecule has 8 nitrogen and oxygen atoms in total. The molecule has 2 amide bonds. The van der Waals surface area contributed by atoms with Gasteiger partial charge in [-0.2, -0.15) is 0 Å². The zero-order valence-electron chi connectivity index (χ0n) is 14.0. The molecule has 3 heterocycles. The Morgan fingerprint density at radius 1 is 1.17 bits per heavy atom. The molecule has 2 aliphatic heterocycles. The summed E-state index contributed by atoms with van der Waals surface area (Å²) in [5.74, 6) is 0.444. The molecule has 1 unspecified atom stereocenters. The van der Waals surface area contributed by atoms with Gasteiger partial charge in [-0.3, -0.25) is 9.59 Å². The summed E-state index contributed by atoms with van der Waals surface area (Å²) in [6.07, 6.45) is 5.76. The normalized spacial score (nSPS) is 21.5. The molecule has 0 saturated carbocycles. The maximum Gasteiger partial charge on any atom is 0.274 e. The highest BCUT2D eigenvalue weighted by Gasteiger charge is 2.34.